The highest BCUT2D eigenvalue weighted by atomic mass is 32.1. The number of hydrogen-bond acceptors (Lipinski definition) is 2. The highest BCUT2D eigenvalue weighted by Crippen LogP contribution is 2.32. The molecule has 0 aliphatic heterocycles. The first-order valence-corrected chi connectivity index (χ1v) is 8.18. The lowest BCUT2D eigenvalue weighted by atomic mass is 10.1. The summed E-state index contributed by atoms with van der Waals surface area (Å²) in [6.45, 7) is 2.77. The van der Waals surface area contributed by atoms with Crippen LogP contribution in [0, 0.1) is 5.82 Å². The third kappa shape index (κ3) is 5.23. The number of benzene rings is 1. The molecule has 0 fully saturated rings. The highest BCUT2D eigenvalue weighted by molar-refractivity contribution is 7.09. The van der Waals surface area contributed by atoms with E-state index >= 15 is 0 Å². The van der Waals surface area contributed by atoms with E-state index in [0.717, 1.165) is 17.0 Å². The second kappa shape index (κ2) is 8.14. The molecule has 0 saturated heterocycles. The molecule has 24 heavy (non-hydrogen) atoms. The molecular weight excluding hydrogens is 342 g/mol. The summed E-state index contributed by atoms with van der Waals surface area (Å²) in [4.78, 5) is 5.25. The molecule has 1 heterocycles. The van der Waals surface area contributed by atoms with E-state index in [-0.39, 0.29) is 12.1 Å². The number of nitrogens with one attached hydrogen (secondary N) is 2. The summed E-state index contributed by atoms with van der Waals surface area (Å²) in [6.07, 6.45) is -4.62. The molecule has 0 amide bonds. The topological polar surface area (TPSA) is 36.4 Å². The summed E-state index contributed by atoms with van der Waals surface area (Å²) in [5, 5.41) is 7.97. The van der Waals surface area contributed by atoms with Crippen LogP contribution in [0.4, 0.5) is 17.6 Å². The molecule has 2 aromatic rings. The molecule has 2 N–H and O–H groups in total. The zero-order valence-corrected chi connectivity index (χ0v) is 13.8. The Bertz CT molecular complexity index is 681. The molecule has 8 heteroatoms. The van der Waals surface area contributed by atoms with E-state index in [2.05, 4.69) is 15.6 Å². The van der Waals surface area contributed by atoms with Gasteiger partial charge < -0.3 is 10.6 Å². The van der Waals surface area contributed by atoms with Crippen molar-refractivity contribution in [3.8, 4) is 0 Å². The number of halogens is 4. The van der Waals surface area contributed by atoms with Gasteiger partial charge in [0.1, 0.15) is 5.82 Å². The standard InChI is InChI=1S/C16H17F4N3S/c1-2-21-15(23-10-13-4-3-7-24-13)22-9-11-5-6-12(17)8-14(11)16(18,19)20/h3-8H,2,9-10H2,1H3,(H2,21,22,23). The molecule has 130 valence electrons. The van der Waals surface area contributed by atoms with E-state index in [1.54, 1.807) is 11.3 Å². The molecule has 0 aliphatic carbocycles. The first kappa shape index (κ1) is 18.3. The summed E-state index contributed by atoms with van der Waals surface area (Å²) < 4.78 is 52.1. The van der Waals surface area contributed by atoms with Crippen LogP contribution in [0.2, 0.25) is 0 Å². The van der Waals surface area contributed by atoms with E-state index in [9.17, 15) is 17.6 Å². The van der Waals surface area contributed by atoms with Crippen LogP contribution in [0.3, 0.4) is 0 Å². The molecular formula is C16H17F4N3S. The largest absolute Gasteiger partial charge is 0.416 e. The van der Waals surface area contributed by atoms with Gasteiger partial charge in [-0.2, -0.15) is 13.2 Å². The van der Waals surface area contributed by atoms with Crippen LogP contribution in [0.15, 0.2) is 40.7 Å². The Hall–Kier alpha value is -2.09. The van der Waals surface area contributed by atoms with Gasteiger partial charge in [-0.3, -0.25) is 0 Å². The molecule has 0 atom stereocenters. The zero-order chi connectivity index (χ0) is 17.6. The monoisotopic (exact) mass is 359 g/mol. The molecule has 0 bridgehead atoms. The molecule has 2 rings (SSSR count). The molecule has 0 unspecified atom stereocenters. The SMILES string of the molecule is CCNC(=NCc1ccc(F)cc1C(F)(F)F)NCc1cccs1. The van der Waals surface area contributed by atoms with Crippen molar-refractivity contribution in [2.24, 2.45) is 4.99 Å². The molecule has 0 spiro atoms. The van der Waals surface area contributed by atoms with Crippen molar-refractivity contribution < 1.29 is 17.6 Å². The Labute approximate surface area is 141 Å². The minimum atomic E-state index is -4.62. The van der Waals surface area contributed by atoms with Crippen molar-refractivity contribution in [3.63, 3.8) is 0 Å². The van der Waals surface area contributed by atoms with Crippen LogP contribution in [0.5, 0.6) is 0 Å². The van der Waals surface area contributed by atoms with Crippen LogP contribution < -0.4 is 10.6 Å². The number of nitrogens with zero attached hydrogens (tertiary/aromatic N) is 1. The molecule has 0 radical (unpaired) electrons. The number of aliphatic imine (C=N–C) groups is 1. The zero-order valence-electron chi connectivity index (χ0n) is 13.0. The van der Waals surface area contributed by atoms with Gasteiger partial charge in [0, 0.05) is 11.4 Å². The Morgan fingerprint density at radius 1 is 1.21 bits per heavy atom. The van der Waals surface area contributed by atoms with E-state index in [0.29, 0.717) is 25.1 Å². The number of thiophene rings is 1. The molecule has 1 aromatic carbocycles. The van der Waals surface area contributed by atoms with E-state index in [1.807, 2.05) is 24.4 Å². The normalized spacial score (nSPS) is 12.3. The summed E-state index contributed by atoms with van der Waals surface area (Å²) in [6, 6.07) is 6.48. The maximum Gasteiger partial charge on any atom is 0.416 e. The van der Waals surface area contributed by atoms with Gasteiger partial charge in [-0.15, -0.1) is 11.3 Å². The second-order valence-corrected chi connectivity index (χ2v) is 5.96. The lowest BCUT2D eigenvalue weighted by molar-refractivity contribution is -0.138. The Balaban J connectivity index is 2.13. The predicted octanol–water partition coefficient (Wildman–Crippen LogP) is 4.16. The van der Waals surface area contributed by atoms with Crippen molar-refractivity contribution in [2.45, 2.75) is 26.2 Å². The third-order valence-electron chi connectivity index (χ3n) is 3.14. The fraction of sp³-hybridized carbons (Fsp3) is 0.312. The van der Waals surface area contributed by atoms with Gasteiger partial charge in [-0.1, -0.05) is 12.1 Å². The lowest BCUT2D eigenvalue weighted by Gasteiger charge is -2.13. The lowest BCUT2D eigenvalue weighted by Crippen LogP contribution is -2.36. The molecule has 3 nitrogen and oxygen atoms in total. The molecule has 1 aromatic heterocycles. The third-order valence-corrected chi connectivity index (χ3v) is 4.02. The minimum Gasteiger partial charge on any atom is -0.357 e. The second-order valence-electron chi connectivity index (χ2n) is 4.93. The number of rotatable bonds is 5. The Morgan fingerprint density at radius 2 is 2.00 bits per heavy atom. The smallest absolute Gasteiger partial charge is 0.357 e. The number of guanidine groups is 1. The van der Waals surface area contributed by atoms with Gasteiger partial charge in [0.05, 0.1) is 18.7 Å². The van der Waals surface area contributed by atoms with Crippen molar-refractivity contribution in [1.29, 1.82) is 0 Å². The molecule has 0 saturated carbocycles. The number of alkyl halides is 3. The highest BCUT2D eigenvalue weighted by Gasteiger charge is 2.33. The maximum absolute atomic E-state index is 13.1. The first-order chi connectivity index (χ1) is 11.4. The van der Waals surface area contributed by atoms with Crippen LogP contribution in [-0.2, 0) is 19.3 Å². The Kier molecular flexibility index (Phi) is 6.19. The van der Waals surface area contributed by atoms with Crippen LogP contribution in [0.25, 0.3) is 0 Å². The quantitative estimate of drug-likeness (QED) is 0.478. The summed E-state index contributed by atoms with van der Waals surface area (Å²) in [5.41, 5.74) is -1.07. The average molecular weight is 359 g/mol. The van der Waals surface area contributed by atoms with Gasteiger partial charge >= 0.3 is 6.18 Å². The van der Waals surface area contributed by atoms with E-state index in [1.165, 1.54) is 0 Å². The van der Waals surface area contributed by atoms with Gasteiger partial charge in [0.25, 0.3) is 0 Å². The Morgan fingerprint density at radius 3 is 2.62 bits per heavy atom. The van der Waals surface area contributed by atoms with Crippen LogP contribution in [0.1, 0.15) is 22.9 Å². The predicted molar refractivity (Wildman–Crippen MR) is 87.4 cm³/mol. The fourth-order valence-electron chi connectivity index (χ4n) is 2.04. The van der Waals surface area contributed by atoms with Gasteiger partial charge in [0.15, 0.2) is 5.96 Å². The molecule has 0 aliphatic rings. The summed E-state index contributed by atoms with van der Waals surface area (Å²) >= 11 is 1.57. The van der Waals surface area contributed by atoms with Crippen LogP contribution in [-0.4, -0.2) is 12.5 Å². The van der Waals surface area contributed by atoms with E-state index < -0.39 is 17.6 Å². The summed E-state index contributed by atoms with van der Waals surface area (Å²) in [5.74, 6) is -0.513. The minimum absolute atomic E-state index is 0.0720. The van der Waals surface area contributed by atoms with Crippen molar-refractivity contribution in [2.75, 3.05) is 6.54 Å². The van der Waals surface area contributed by atoms with E-state index in [4.69, 9.17) is 0 Å². The first-order valence-electron chi connectivity index (χ1n) is 7.30. The van der Waals surface area contributed by atoms with Crippen LogP contribution >= 0.6 is 11.3 Å². The summed E-state index contributed by atoms with van der Waals surface area (Å²) in [7, 11) is 0. The van der Waals surface area contributed by atoms with Crippen molar-refractivity contribution in [1.82, 2.24) is 10.6 Å². The van der Waals surface area contributed by atoms with Crippen molar-refractivity contribution >= 4 is 17.3 Å². The number of hydrogen-bond donors (Lipinski definition) is 2. The fourth-order valence-corrected chi connectivity index (χ4v) is 2.68. The maximum atomic E-state index is 13.1. The van der Waals surface area contributed by atoms with Gasteiger partial charge in [-0.05, 0) is 36.1 Å². The van der Waals surface area contributed by atoms with Gasteiger partial charge in [0.2, 0.25) is 0 Å². The average Bonchev–Trinajstić information content (AvgIpc) is 3.03. The van der Waals surface area contributed by atoms with Crippen molar-refractivity contribution in [3.05, 3.63) is 57.5 Å². The van der Waals surface area contributed by atoms with Gasteiger partial charge in [-0.25, -0.2) is 9.38 Å².